The van der Waals surface area contributed by atoms with Crippen LogP contribution in [0.5, 0.6) is 0 Å². The van der Waals surface area contributed by atoms with Crippen molar-refractivity contribution in [2.45, 2.75) is 19.9 Å². The minimum Gasteiger partial charge on any atom is -0.320 e. The lowest BCUT2D eigenvalue weighted by atomic mass is 9.94. The van der Waals surface area contributed by atoms with Gasteiger partial charge in [-0.3, -0.25) is 0 Å². The maximum Gasteiger partial charge on any atom is 0.0565 e. The molecule has 4 heteroatoms. The highest BCUT2D eigenvalue weighted by atomic mass is 79.9. The van der Waals surface area contributed by atoms with Crippen molar-refractivity contribution < 1.29 is 0 Å². The second-order valence-electron chi connectivity index (χ2n) is 4.60. The Kier molecular flexibility index (Phi) is 4.72. The quantitative estimate of drug-likeness (QED) is 0.701. The summed E-state index contributed by atoms with van der Waals surface area (Å²) < 4.78 is 2.03. The van der Waals surface area contributed by atoms with Crippen LogP contribution in [0.15, 0.2) is 39.3 Å². The number of rotatable bonds is 2. The molecule has 0 saturated heterocycles. The van der Waals surface area contributed by atoms with E-state index < -0.39 is 0 Å². The van der Waals surface area contributed by atoms with Crippen molar-refractivity contribution in [2.75, 3.05) is 0 Å². The van der Waals surface area contributed by atoms with E-state index in [1.807, 2.05) is 38.1 Å². The maximum atomic E-state index is 6.41. The van der Waals surface area contributed by atoms with Crippen LogP contribution in [0, 0.1) is 13.8 Å². The van der Waals surface area contributed by atoms with Gasteiger partial charge in [0.1, 0.15) is 0 Å². The molecule has 1 atom stereocenters. The normalized spacial score (nSPS) is 12.5. The molecular weight excluding hydrogens is 389 g/mol. The van der Waals surface area contributed by atoms with E-state index in [9.17, 15) is 0 Å². The zero-order valence-electron chi connectivity index (χ0n) is 10.7. The largest absolute Gasteiger partial charge is 0.320 e. The van der Waals surface area contributed by atoms with Gasteiger partial charge in [-0.05, 0) is 60.4 Å². The summed E-state index contributed by atoms with van der Waals surface area (Å²) in [5.74, 6) is 0. The fourth-order valence-corrected chi connectivity index (χ4v) is 3.15. The Morgan fingerprint density at radius 1 is 1.00 bits per heavy atom. The molecule has 0 saturated carbocycles. The van der Waals surface area contributed by atoms with Crippen molar-refractivity contribution in [1.82, 2.24) is 0 Å². The van der Waals surface area contributed by atoms with Crippen LogP contribution >= 0.6 is 43.5 Å². The molecular formula is C15H14Br2ClN. The number of aryl methyl sites for hydroxylation is 2. The molecule has 19 heavy (non-hydrogen) atoms. The molecule has 2 aromatic carbocycles. The minimum absolute atomic E-state index is 0.178. The van der Waals surface area contributed by atoms with Crippen molar-refractivity contribution in [3.05, 3.63) is 66.6 Å². The molecule has 1 nitrogen and oxygen atoms in total. The van der Waals surface area contributed by atoms with Gasteiger partial charge < -0.3 is 5.73 Å². The highest BCUT2D eigenvalue weighted by molar-refractivity contribution is 9.11. The molecule has 100 valence electrons. The van der Waals surface area contributed by atoms with Gasteiger partial charge in [-0.1, -0.05) is 49.5 Å². The Labute approximate surface area is 135 Å². The summed E-state index contributed by atoms with van der Waals surface area (Å²) in [6.45, 7) is 4.03. The molecule has 0 bridgehead atoms. The van der Waals surface area contributed by atoms with E-state index in [-0.39, 0.29) is 6.04 Å². The van der Waals surface area contributed by atoms with Crippen LogP contribution in [-0.4, -0.2) is 0 Å². The Balaban J connectivity index is 2.52. The third-order valence-corrected chi connectivity index (χ3v) is 4.80. The molecule has 0 aliphatic carbocycles. The van der Waals surface area contributed by atoms with Gasteiger partial charge in [-0.2, -0.15) is 0 Å². The minimum atomic E-state index is -0.178. The van der Waals surface area contributed by atoms with Gasteiger partial charge in [-0.25, -0.2) is 0 Å². The van der Waals surface area contributed by atoms with Crippen LogP contribution < -0.4 is 5.73 Å². The fourth-order valence-electron chi connectivity index (χ4n) is 2.06. The van der Waals surface area contributed by atoms with Gasteiger partial charge in [0.25, 0.3) is 0 Å². The molecule has 0 heterocycles. The topological polar surface area (TPSA) is 26.0 Å². The van der Waals surface area contributed by atoms with Gasteiger partial charge in [0.15, 0.2) is 0 Å². The van der Waals surface area contributed by atoms with E-state index in [1.54, 1.807) is 0 Å². The Morgan fingerprint density at radius 3 is 2.37 bits per heavy atom. The molecule has 0 fully saturated rings. The predicted octanol–water partition coefficient (Wildman–Crippen LogP) is 5.53. The number of nitrogens with two attached hydrogens (primary N) is 1. The summed E-state index contributed by atoms with van der Waals surface area (Å²) in [5.41, 5.74) is 10.7. The SMILES string of the molecule is Cc1cc(C(N)c2cc(Br)ccc2Br)c(C)cc1Cl. The summed E-state index contributed by atoms with van der Waals surface area (Å²) in [6, 6.07) is 9.88. The third kappa shape index (κ3) is 3.22. The Bertz CT molecular complexity index is 626. The van der Waals surface area contributed by atoms with E-state index in [1.165, 1.54) is 0 Å². The lowest BCUT2D eigenvalue weighted by Gasteiger charge is -2.18. The van der Waals surface area contributed by atoms with E-state index in [0.717, 1.165) is 36.2 Å². The molecule has 0 aliphatic heterocycles. The lowest BCUT2D eigenvalue weighted by Crippen LogP contribution is -2.14. The van der Waals surface area contributed by atoms with Gasteiger partial charge >= 0.3 is 0 Å². The molecule has 2 N–H and O–H groups in total. The number of hydrogen-bond donors (Lipinski definition) is 1. The fraction of sp³-hybridized carbons (Fsp3) is 0.200. The smallest absolute Gasteiger partial charge is 0.0565 e. The van der Waals surface area contributed by atoms with Crippen LogP contribution in [0.4, 0.5) is 0 Å². The predicted molar refractivity (Wildman–Crippen MR) is 88.8 cm³/mol. The first-order valence-corrected chi connectivity index (χ1v) is 7.83. The van der Waals surface area contributed by atoms with Crippen LogP contribution in [0.2, 0.25) is 5.02 Å². The lowest BCUT2D eigenvalue weighted by molar-refractivity contribution is 0.853. The van der Waals surface area contributed by atoms with E-state index in [0.29, 0.717) is 0 Å². The second-order valence-corrected chi connectivity index (χ2v) is 6.78. The zero-order chi connectivity index (χ0) is 14.2. The molecule has 0 amide bonds. The molecule has 2 rings (SSSR count). The van der Waals surface area contributed by atoms with Gasteiger partial charge in [0.05, 0.1) is 6.04 Å². The number of benzene rings is 2. The first-order chi connectivity index (χ1) is 8.90. The van der Waals surface area contributed by atoms with Crippen LogP contribution in [0.25, 0.3) is 0 Å². The highest BCUT2D eigenvalue weighted by Gasteiger charge is 2.16. The average Bonchev–Trinajstić information content (AvgIpc) is 2.36. The standard InChI is InChI=1S/C15H14Br2ClN/c1-8-6-14(18)9(2)5-11(8)15(19)12-7-10(16)3-4-13(12)17/h3-7,15H,19H2,1-2H3. The first kappa shape index (κ1) is 15.0. The van der Waals surface area contributed by atoms with Crippen LogP contribution in [0.1, 0.15) is 28.3 Å². The summed E-state index contributed by atoms with van der Waals surface area (Å²) >= 11 is 13.2. The molecule has 0 radical (unpaired) electrons. The number of halogens is 3. The molecule has 0 aromatic heterocycles. The second kappa shape index (κ2) is 5.96. The highest BCUT2D eigenvalue weighted by Crippen LogP contribution is 2.32. The van der Waals surface area contributed by atoms with Gasteiger partial charge in [-0.15, -0.1) is 0 Å². The van der Waals surface area contributed by atoms with Crippen molar-refractivity contribution in [2.24, 2.45) is 5.73 Å². The summed E-state index contributed by atoms with van der Waals surface area (Å²) in [7, 11) is 0. The van der Waals surface area contributed by atoms with E-state index in [4.69, 9.17) is 17.3 Å². The number of hydrogen-bond acceptors (Lipinski definition) is 1. The Hall–Kier alpha value is -0.350. The monoisotopic (exact) mass is 401 g/mol. The maximum absolute atomic E-state index is 6.41. The summed E-state index contributed by atoms with van der Waals surface area (Å²) in [6.07, 6.45) is 0. The van der Waals surface area contributed by atoms with E-state index in [2.05, 4.69) is 37.9 Å². The zero-order valence-corrected chi connectivity index (χ0v) is 14.6. The molecule has 0 aliphatic rings. The van der Waals surface area contributed by atoms with Gasteiger partial charge in [0.2, 0.25) is 0 Å². The molecule has 1 unspecified atom stereocenters. The van der Waals surface area contributed by atoms with Crippen LogP contribution in [0.3, 0.4) is 0 Å². The third-order valence-electron chi connectivity index (χ3n) is 3.18. The van der Waals surface area contributed by atoms with Crippen molar-refractivity contribution in [3.63, 3.8) is 0 Å². The van der Waals surface area contributed by atoms with Crippen molar-refractivity contribution in [1.29, 1.82) is 0 Å². The van der Waals surface area contributed by atoms with Crippen molar-refractivity contribution >= 4 is 43.5 Å². The van der Waals surface area contributed by atoms with E-state index >= 15 is 0 Å². The first-order valence-electron chi connectivity index (χ1n) is 5.87. The average molecular weight is 404 g/mol. The molecule has 2 aromatic rings. The van der Waals surface area contributed by atoms with Crippen LogP contribution in [-0.2, 0) is 0 Å². The van der Waals surface area contributed by atoms with Gasteiger partial charge in [0, 0.05) is 14.0 Å². The summed E-state index contributed by atoms with van der Waals surface area (Å²) in [5, 5.41) is 0.779. The molecule has 0 spiro atoms. The summed E-state index contributed by atoms with van der Waals surface area (Å²) in [4.78, 5) is 0. The van der Waals surface area contributed by atoms with Crippen molar-refractivity contribution in [3.8, 4) is 0 Å². The Morgan fingerprint density at radius 2 is 1.68 bits per heavy atom.